The lowest BCUT2D eigenvalue weighted by atomic mass is 10.1. The number of nitrogens with one attached hydrogen (secondary N) is 2. The van der Waals surface area contributed by atoms with E-state index >= 15 is 0 Å². The van der Waals surface area contributed by atoms with Gasteiger partial charge in [0.1, 0.15) is 12.4 Å². The number of fused-ring (bicyclic) bond motifs is 1. The van der Waals surface area contributed by atoms with Crippen molar-refractivity contribution in [3.63, 3.8) is 0 Å². The maximum absolute atomic E-state index is 11.9. The van der Waals surface area contributed by atoms with Crippen molar-refractivity contribution >= 4 is 22.8 Å². The molecule has 6 nitrogen and oxygen atoms in total. The van der Waals surface area contributed by atoms with Crippen molar-refractivity contribution in [2.24, 2.45) is 0 Å². The average molecular weight is 408 g/mol. The summed E-state index contributed by atoms with van der Waals surface area (Å²) in [7, 11) is 0. The van der Waals surface area contributed by atoms with Gasteiger partial charge in [0.25, 0.3) is 5.91 Å². The average Bonchev–Trinajstić information content (AvgIpc) is 3.14. The van der Waals surface area contributed by atoms with Gasteiger partial charge in [0.15, 0.2) is 6.61 Å². The molecule has 6 heteroatoms. The second-order valence-electron chi connectivity index (χ2n) is 7.34. The van der Waals surface area contributed by atoms with Crippen LogP contribution in [0.5, 0.6) is 5.75 Å². The smallest absolute Gasteiger partial charge is 0.306 e. The number of aryl methyl sites for hydroxylation is 3. The molecule has 0 atom stereocenters. The third kappa shape index (κ3) is 6.11. The van der Waals surface area contributed by atoms with Crippen LogP contribution >= 0.6 is 0 Å². The Morgan fingerprint density at radius 3 is 2.77 bits per heavy atom. The monoisotopic (exact) mass is 408 g/mol. The molecule has 3 rings (SSSR count). The number of hydrogen-bond donors (Lipinski definition) is 2. The van der Waals surface area contributed by atoms with Gasteiger partial charge in [-0.1, -0.05) is 35.9 Å². The van der Waals surface area contributed by atoms with Crippen LogP contribution in [0.3, 0.4) is 0 Å². The third-order valence-electron chi connectivity index (χ3n) is 4.88. The molecule has 1 amide bonds. The van der Waals surface area contributed by atoms with Gasteiger partial charge in [0.05, 0.1) is 6.54 Å². The summed E-state index contributed by atoms with van der Waals surface area (Å²) in [6.07, 6.45) is 3.71. The van der Waals surface area contributed by atoms with Crippen LogP contribution in [0, 0.1) is 13.8 Å². The summed E-state index contributed by atoms with van der Waals surface area (Å²) in [5, 5.41) is 3.87. The molecular weight excluding hydrogens is 380 g/mol. The molecule has 30 heavy (non-hydrogen) atoms. The van der Waals surface area contributed by atoms with E-state index < -0.39 is 0 Å². The van der Waals surface area contributed by atoms with E-state index in [0.29, 0.717) is 19.6 Å². The number of amides is 1. The summed E-state index contributed by atoms with van der Waals surface area (Å²) in [5.41, 5.74) is 4.51. The summed E-state index contributed by atoms with van der Waals surface area (Å²) < 4.78 is 10.7. The van der Waals surface area contributed by atoms with E-state index in [1.54, 1.807) is 0 Å². The predicted octanol–water partition coefficient (Wildman–Crippen LogP) is 3.85. The minimum absolute atomic E-state index is 0.268. The molecule has 1 aromatic heterocycles. The van der Waals surface area contributed by atoms with Crippen LogP contribution in [-0.4, -0.2) is 36.6 Å². The Hall–Kier alpha value is -3.28. The lowest BCUT2D eigenvalue weighted by Crippen LogP contribution is -2.32. The first-order valence-electron chi connectivity index (χ1n) is 10.2. The van der Waals surface area contributed by atoms with Crippen molar-refractivity contribution in [3.8, 4) is 5.75 Å². The van der Waals surface area contributed by atoms with Crippen molar-refractivity contribution in [3.05, 3.63) is 65.4 Å². The number of aromatic amines is 1. The summed E-state index contributed by atoms with van der Waals surface area (Å²) in [5.74, 6) is 0.109. The van der Waals surface area contributed by atoms with Crippen molar-refractivity contribution < 1.29 is 19.1 Å². The summed E-state index contributed by atoms with van der Waals surface area (Å²) >= 11 is 0. The Labute approximate surface area is 176 Å². The fraction of sp³-hybridized carbons (Fsp3) is 0.333. The molecule has 2 aromatic carbocycles. The highest BCUT2D eigenvalue weighted by atomic mass is 16.5. The van der Waals surface area contributed by atoms with Crippen molar-refractivity contribution in [2.75, 3.05) is 19.8 Å². The van der Waals surface area contributed by atoms with E-state index in [2.05, 4.69) is 16.4 Å². The molecule has 0 aliphatic heterocycles. The second-order valence-corrected chi connectivity index (χ2v) is 7.34. The van der Waals surface area contributed by atoms with Gasteiger partial charge in [-0.15, -0.1) is 0 Å². The fourth-order valence-electron chi connectivity index (χ4n) is 3.34. The van der Waals surface area contributed by atoms with Crippen LogP contribution in [0.15, 0.2) is 48.7 Å². The van der Waals surface area contributed by atoms with Gasteiger partial charge in [-0.3, -0.25) is 9.59 Å². The molecular formula is C24H28N2O4. The summed E-state index contributed by atoms with van der Waals surface area (Å²) in [6, 6.07) is 14.0. The molecule has 3 aromatic rings. The molecule has 0 fully saturated rings. The molecule has 0 saturated heterocycles. The number of benzene rings is 2. The summed E-state index contributed by atoms with van der Waals surface area (Å²) in [4.78, 5) is 26.9. The van der Waals surface area contributed by atoms with E-state index in [0.717, 1.165) is 23.3 Å². The van der Waals surface area contributed by atoms with Gasteiger partial charge in [0.2, 0.25) is 0 Å². The number of para-hydroxylation sites is 1. The first-order chi connectivity index (χ1) is 14.5. The van der Waals surface area contributed by atoms with E-state index in [4.69, 9.17) is 9.47 Å². The van der Waals surface area contributed by atoms with Gasteiger partial charge in [-0.05, 0) is 49.9 Å². The molecule has 1 heterocycles. The zero-order valence-corrected chi connectivity index (χ0v) is 17.5. The summed E-state index contributed by atoms with van der Waals surface area (Å²) in [6.45, 7) is 4.45. The number of H-pyrrole nitrogens is 1. The van der Waals surface area contributed by atoms with Crippen molar-refractivity contribution in [1.82, 2.24) is 10.3 Å². The van der Waals surface area contributed by atoms with Crippen LogP contribution in [0.1, 0.15) is 29.5 Å². The van der Waals surface area contributed by atoms with E-state index in [1.165, 1.54) is 16.5 Å². The normalized spacial score (nSPS) is 10.7. The highest BCUT2D eigenvalue weighted by Gasteiger charge is 2.09. The van der Waals surface area contributed by atoms with E-state index in [1.807, 2.05) is 56.4 Å². The molecule has 0 aliphatic rings. The number of ether oxygens (including phenoxy) is 2. The number of rotatable bonds is 10. The number of aromatic nitrogens is 1. The maximum Gasteiger partial charge on any atom is 0.306 e. The van der Waals surface area contributed by atoms with Crippen LogP contribution in [0.4, 0.5) is 0 Å². The molecule has 0 spiro atoms. The van der Waals surface area contributed by atoms with Crippen LogP contribution < -0.4 is 10.1 Å². The lowest BCUT2D eigenvalue weighted by molar-refractivity contribution is -0.148. The number of carbonyl (C=O) groups is 2. The van der Waals surface area contributed by atoms with E-state index in [-0.39, 0.29) is 24.9 Å². The largest absolute Gasteiger partial charge is 0.491 e. The van der Waals surface area contributed by atoms with Gasteiger partial charge < -0.3 is 19.8 Å². The third-order valence-corrected chi connectivity index (χ3v) is 4.88. The Morgan fingerprint density at radius 1 is 1.10 bits per heavy atom. The quantitative estimate of drug-likeness (QED) is 0.394. The SMILES string of the molecule is Cc1ccc(OCCNC(=O)COC(=O)CCCc2c[nH]c3ccccc23)c(C)c1. The molecule has 0 aliphatic carbocycles. The minimum atomic E-state index is -0.364. The number of esters is 1. The minimum Gasteiger partial charge on any atom is -0.491 e. The Kier molecular flexibility index (Phi) is 7.49. The molecule has 0 unspecified atom stereocenters. The van der Waals surface area contributed by atoms with Crippen LogP contribution in [0.25, 0.3) is 10.9 Å². The zero-order chi connectivity index (χ0) is 21.3. The number of carbonyl (C=O) groups excluding carboxylic acids is 2. The van der Waals surface area contributed by atoms with Crippen molar-refractivity contribution in [1.29, 1.82) is 0 Å². The van der Waals surface area contributed by atoms with Gasteiger partial charge in [-0.2, -0.15) is 0 Å². The zero-order valence-electron chi connectivity index (χ0n) is 17.5. The predicted molar refractivity (Wildman–Crippen MR) is 117 cm³/mol. The highest BCUT2D eigenvalue weighted by molar-refractivity contribution is 5.83. The molecule has 0 radical (unpaired) electrons. The van der Waals surface area contributed by atoms with Crippen LogP contribution in [-0.2, 0) is 20.7 Å². The Bertz CT molecular complexity index is 1010. The Balaban J connectivity index is 1.28. The highest BCUT2D eigenvalue weighted by Crippen LogP contribution is 2.20. The second kappa shape index (κ2) is 10.5. The van der Waals surface area contributed by atoms with Gasteiger partial charge in [-0.25, -0.2) is 0 Å². The molecule has 158 valence electrons. The van der Waals surface area contributed by atoms with Crippen LogP contribution in [0.2, 0.25) is 0 Å². The first-order valence-corrected chi connectivity index (χ1v) is 10.2. The molecule has 0 bridgehead atoms. The lowest BCUT2D eigenvalue weighted by Gasteiger charge is -2.10. The molecule has 0 saturated carbocycles. The Morgan fingerprint density at radius 2 is 1.93 bits per heavy atom. The maximum atomic E-state index is 11.9. The molecule has 2 N–H and O–H groups in total. The van der Waals surface area contributed by atoms with Gasteiger partial charge >= 0.3 is 5.97 Å². The standard InChI is InChI=1S/C24H28N2O4/c1-17-10-11-22(18(2)14-17)29-13-12-25-23(27)16-30-24(28)9-5-6-19-15-26-21-8-4-3-7-20(19)21/h3-4,7-8,10-11,14-15,26H,5-6,9,12-13,16H2,1-2H3,(H,25,27). The first kappa shape index (κ1) is 21.4. The number of hydrogen-bond acceptors (Lipinski definition) is 4. The van der Waals surface area contributed by atoms with Crippen molar-refractivity contribution in [2.45, 2.75) is 33.1 Å². The topological polar surface area (TPSA) is 80.4 Å². The van der Waals surface area contributed by atoms with Gasteiger partial charge in [0, 0.05) is 23.5 Å². The fourth-order valence-corrected chi connectivity index (χ4v) is 3.34. The van der Waals surface area contributed by atoms with E-state index in [9.17, 15) is 9.59 Å².